The van der Waals surface area contributed by atoms with Gasteiger partial charge in [-0.05, 0) is 61.7 Å². The Morgan fingerprint density at radius 2 is 2.35 bits per heavy atom. The first-order valence-corrected chi connectivity index (χ1v) is 8.54. The molecule has 0 saturated carbocycles. The van der Waals surface area contributed by atoms with E-state index < -0.39 is 0 Å². The van der Waals surface area contributed by atoms with E-state index >= 15 is 0 Å². The lowest BCUT2D eigenvalue weighted by Crippen LogP contribution is -2.29. The Hall–Kier alpha value is -0.550. The second kappa shape index (κ2) is 8.03. The fourth-order valence-corrected chi connectivity index (χ4v) is 3.29. The van der Waals surface area contributed by atoms with E-state index in [2.05, 4.69) is 29.8 Å². The van der Waals surface area contributed by atoms with Crippen molar-refractivity contribution < 1.29 is 9.84 Å². The van der Waals surface area contributed by atoms with Gasteiger partial charge in [0.05, 0.1) is 12.7 Å². The van der Waals surface area contributed by atoms with Gasteiger partial charge in [0.25, 0.3) is 0 Å². The molecule has 0 bridgehead atoms. The number of fused-ring (bicyclic) bond motifs is 1. The van der Waals surface area contributed by atoms with Gasteiger partial charge in [0, 0.05) is 18.0 Å². The highest BCUT2D eigenvalue weighted by Gasteiger charge is 2.20. The second-order valence-corrected chi connectivity index (χ2v) is 6.24. The van der Waals surface area contributed by atoms with Gasteiger partial charge in [-0.2, -0.15) is 0 Å². The van der Waals surface area contributed by atoms with Crippen LogP contribution in [0.4, 0.5) is 0 Å². The van der Waals surface area contributed by atoms with Crippen molar-refractivity contribution >= 4 is 11.8 Å². The summed E-state index contributed by atoms with van der Waals surface area (Å²) >= 11 is 1.80. The van der Waals surface area contributed by atoms with Crippen molar-refractivity contribution in [1.82, 2.24) is 5.32 Å². The van der Waals surface area contributed by atoms with Crippen molar-refractivity contribution in [2.24, 2.45) is 0 Å². The van der Waals surface area contributed by atoms with Gasteiger partial charge in [0.2, 0.25) is 0 Å². The van der Waals surface area contributed by atoms with E-state index in [0.717, 1.165) is 13.0 Å². The van der Waals surface area contributed by atoms with Crippen LogP contribution in [0.5, 0.6) is 0 Å². The molecular weight excluding hydrogens is 270 g/mol. The Morgan fingerprint density at radius 1 is 1.50 bits per heavy atom. The van der Waals surface area contributed by atoms with Crippen LogP contribution in [0.2, 0.25) is 0 Å². The highest BCUT2D eigenvalue weighted by Crippen LogP contribution is 2.32. The van der Waals surface area contributed by atoms with E-state index in [4.69, 9.17) is 4.74 Å². The summed E-state index contributed by atoms with van der Waals surface area (Å²) < 4.78 is 4.95. The largest absolute Gasteiger partial charge is 0.391 e. The number of nitrogens with one attached hydrogen (secondary N) is 1. The Bertz CT molecular complexity index is 425. The Labute approximate surface area is 126 Å². The Kier molecular flexibility index (Phi) is 6.36. The van der Waals surface area contributed by atoms with Crippen LogP contribution >= 0.6 is 11.8 Å². The molecule has 0 heterocycles. The van der Waals surface area contributed by atoms with Crippen LogP contribution < -0.4 is 5.32 Å². The third-order valence-corrected chi connectivity index (χ3v) is 4.62. The van der Waals surface area contributed by atoms with Gasteiger partial charge in [-0.25, -0.2) is 0 Å². The second-order valence-electron chi connectivity index (χ2n) is 5.36. The number of hydrogen-bond acceptors (Lipinski definition) is 4. The van der Waals surface area contributed by atoms with Crippen molar-refractivity contribution in [1.29, 1.82) is 0 Å². The predicted molar refractivity (Wildman–Crippen MR) is 84.4 cm³/mol. The lowest BCUT2D eigenvalue weighted by molar-refractivity contribution is 0.0588. The summed E-state index contributed by atoms with van der Waals surface area (Å²) in [6.45, 7) is 1.25. The Morgan fingerprint density at radius 3 is 3.10 bits per heavy atom. The van der Waals surface area contributed by atoms with Gasteiger partial charge < -0.3 is 15.2 Å². The lowest BCUT2D eigenvalue weighted by atomic mass is 9.87. The van der Waals surface area contributed by atoms with Crippen LogP contribution in [-0.2, 0) is 11.2 Å². The fourth-order valence-electron chi connectivity index (χ4n) is 2.83. The number of rotatable bonds is 7. The first-order valence-electron chi connectivity index (χ1n) is 7.31. The Balaban J connectivity index is 1.91. The molecule has 1 aromatic carbocycles. The van der Waals surface area contributed by atoms with Crippen LogP contribution in [0.25, 0.3) is 0 Å². The zero-order chi connectivity index (χ0) is 14.4. The zero-order valence-corrected chi connectivity index (χ0v) is 13.2. The first-order chi connectivity index (χ1) is 9.74. The van der Waals surface area contributed by atoms with Gasteiger partial charge in [0.15, 0.2) is 0 Å². The van der Waals surface area contributed by atoms with Crippen molar-refractivity contribution in [2.45, 2.75) is 42.7 Å². The van der Waals surface area contributed by atoms with Gasteiger partial charge >= 0.3 is 0 Å². The number of aliphatic hydroxyl groups is 1. The van der Waals surface area contributed by atoms with Gasteiger partial charge in [0.1, 0.15) is 0 Å². The maximum atomic E-state index is 9.67. The molecule has 3 nitrogen and oxygen atoms in total. The number of thioether (sulfide) groups is 1. The van der Waals surface area contributed by atoms with Gasteiger partial charge in [-0.1, -0.05) is 6.07 Å². The molecule has 0 amide bonds. The fraction of sp³-hybridized carbons (Fsp3) is 0.625. The SMILES string of the molecule is COCC(O)CCNC1CCCc2cc(SC)ccc21. The third kappa shape index (κ3) is 4.22. The number of aliphatic hydroxyl groups excluding tert-OH is 1. The van der Waals surface area contributed by atoms with Crippen molar-refractivity contribution in [3.63, 3.8) is 0 Å². The summed E-state index contributed by atoms with van der Waals surface area (Å²) in [7, 11) is 1.62. The van der Waals surface area contributed by atoms with E-state index in [0.29, 0.717) is 12.6 Å². The average Bonchev–Trinajstić information content (AvgIpc) is 2.47. The molecule has 0 saturated heterocycles. The molecule has 0 fully saturated rings. The summed E-state index contributed by atoms with van der Waals surface area (Å²) in [5.74, 6) is 0. The molecule has 2 atom stereocenters. The average molecular weight is 295 g/mol. The van der Waals surface area contributed by atoms with E-state index in [9.17, 15) is 5.11 Å². The summed E-state index contributed by atoms with van der Waals surface area (Å²) in [5.41, 5.74) is 2.92. The molecule has 0 aliphatic heterocycles. The van der Waals surface area contributed by atoms with E-state index in [1.54, 1.807) is 18.9 Å². The minimum Gasteiger partial charge on any atom is -0.391 e. The molecule has 2 N–H and O–H groups in total. The number of methoxy groups -OCH3 is 1. The number of hydrogen-bond donors (Lipinski definition) is 2. The third-order valence-electron chi connectivity index (χ3n) is 3.89. The zero-order valence-electron chi connectivity index (χ0n) is 12.4. The highest BCUT2D eigenvalue weighted by atomic mass is 32.2. The van der Waals surface area contributed by atoms with E-state index in [1.807, 2.05) is 0 Å². The molecule has 20 heavy (non-hydrogen) atoms. The van der Waals surface area contributed by atoms with Crippen molar-refractivity contribution in [3.8, 4) is 0 Å². The van der Waals surface area contributed by atoms with Crippen LogP contribution in [0, 0.1) is 0 Å². The van der Waals surface area contributed by atoms with E-state index in [1.165, 1.54) is 35.3 Å². The topological polar surface area (TPSA) is 41.5 Å². The van der Waals surface area contributed by atoms with Crippen LogP contribution in [0.3, 0.4) is 0 Å². The maximum Gasteiger partial charge on any atom is 0.0785 e. The summed E-state index contributed by atoms with van der Waals surface area (Å²) in [6.07, 6.45) is 6.11. The smallest absolute Gasteiger partial charge is 0.0785 e. The van der Waals surface area contributed by atoms with Crippen molar-refractivity contribution in [2.75, 3.05) is 26.5 Å². The first kappa shape index (κ1) is 15.8. The van der Waals surface area contributed by atoms with Crippen LogP contribution in [0.1, 0.15) is 36.4 Å². The minimum absolute atomic E-state index is 0.366. The molecule has 0 spiro atoms. The van der Waals surface area contributed by atoms with E-state index in [-0.39, 0.29) is 6.10 Å². The molecule has 2 rings (SSSR count). The molecule has 1 aliphatic rings. The molecule has 4 heteroatoms. The molecular formula is C16H25NO2S. The number of ether oxygens (including phenoxy) is 1. The monoisotopic (exact) mass is 295 g/mol. The molecule has 0 aromatic heterocycles. The standard InChI is InChI=1S/C16H25NO2S/c1-19-11-13(18)8-9-17-16-5-3-4-12-10-14(20-2)6-7-15(12)16/h6-7,10,13,16-18H,3-5,8-9,11H2,1-2H3. The lowest BCUT2D eigenvalue weighted by Gasteiger charge is -2.27. The maximum absolute atomic E-state index is 9.67. The van der Waals surface area contributed by atoms with Crippen LogP contribution in [-0.4, -0.2) is 37.7 Å². The number of benzene rings is 1. The highest BCUT2D eigenvalue weighted by molar-refractivity contribution is 7.98. The van der Waals surface area contributed by atoms with Crippen LogP contribution in [0.15, 0.2) is 23.1 Å². The van der Waals surface area contributed by atoms with Crippen molar-refractivity contribution in [3.05, 3.63) is 29.3 Å². The quantitative estimate of drug-likeness (QED) is 0.759. The normalized spacial score (nSPS) is 19.6. The molecule has 1 aromatic rings. The summed E-state index contributed by atoms with van der Waals surface area (Å²) in [6, 6.07) is 7.24. The molecule has 0 radical (unpaired) electrons. The van der Waals surface area contributed by atoms with Gasteiger partial charge in [-0.3, -0.25) is 0 Å². The molecule has 112 valence electrons. The van der Waals surface area contributed by atoms with Gasteiger partial charge in [-0.15, -0.1) is 11.8 Å². The summed E-state index contributed by atoms with van der Waals surface area (Å²) in [5, 5.41) is 13.3. The minimum atomic E-state index is -0.366. The molecule has 2 unspecified atom stereocenters. The summed E-state index contributed by atoms with van der Waals surface area (Å²) in [4.78, 5) is 1.35. The number of aryl methyl sites for hydroxylation is 1. The molecule has 1 aliphatic carbocycles. The predicted octanol–water partition coefficient (Wildman–Crippen LogP) is 2.77.